The molecular weight excluding hydrogens is 407 g/mol. The van der Waals surface area contributed by atoms with Gasteiger partial charge in [-0.15, -0.1) is 0 Å². The number of hydrogen-bond acceptors (Lipinski definition) is 4. The van der Waals surface area contributed by atoms with Crippen LogP contribution in [-0.4, -0.2) is 33.2 Å². The van der Waals surface area contributed by atoms with Crippen molar-refractivity contribution in [1.29, 1.82) is 0 Å². The molecule has 1 aliphatic rings. The fourth-order valence-corrected chi connectivity index (χ4v) is 4.22. The lowest BCUT2D eigenvalue weighted by atomic mass is 9.86. The molecule has 1 aliphatic heterocycles. The van der Waals surface area contributed by atoms with Crippen molar-refractivity contribution in [1.82, 2.24) is 5.32 Å². The van der Waals surface area contributed by atoms with Gasteiger partial charge in [-0.25, -0.2) is 12.8 Å². The minimum Gasteiger partial charge on any atom is -0.476 e. The number of rotatable bonds is 4. The summed E-state index contributed by atoms with van der Waals surface area (Å²) in [4.78, 5) is 12.8. The second kappa shape index (κ2) is 7.91. The van der Waals surface area contributed by atoms with Crippen molar-refractivity contribution < 1.29 is 22.3 Å². The van der Waals surface area contributed by atoms with E-state index < -0.39 is 28.1 Å². The molecule has 3 rings (SSSR count). The molecule has 0 bridgehead atoms. The minimum atomic E-state index is -3.62. The Hall–Kier alpha value is -2.61. The number of amides is 1. The van der Waals surface area contributed by atoms with Gasteiger partial charge in [0.2, 0.25) is 10.0 Å². The summed E-state index contributed by atoms with van der Waals surface area (Å²) in [6.07, 6.45) is 0.109. The number of anilines is 1. The monoisotopic (exact) mass is 434 g/mol. The number of sulfonamides is 1. The number of hydrogen-bond donors (Lipinski definition) is 1. The molecule has 162 valence electrons. The van der Waals surface area contributed by atoms with Gasteiger partial charge >= 0.3 is 0 Å². The lowest BCUT2D eigenvalue weighted by Crippen LogP contribution is -2.50. The van der Waals surface area contributed by atoms with Crippen LogP contribution in [0.2, 0.25) is 0 Å². The molecule has 1 N–H and O–H groups in total. The van der Waals surface area contributed by atoms with Gasteiger partial charge in [-0.05, 0) is 47.7 Å². The third-order valence-electron chi connectivity index (χ3n) is 5.12. The van der Waals surface area contributed by atoms with E-state index in [2.05, 4.69) is 5.32 Å². The lowest BCUT2D eigenvalue weighted by Gasteiger charge is -2.35. The van der Waals surface area contributed by atoms with Crippen molar-refractivity contribution in [2.75, 3.05) is 17.1 Å². The fraction of sp³-hybridized carbons (Fsp3) is 0.409. The van der Waals surface area contributed by atoms with E-state index in [1.54, 1.807) is 31.2 Å². The van der Waals surface area contributed by atoms with Crippen LogP contribution in [0.5, 0.6) is 5.75 Å². The molecular formula is C22H27FN2O4S. The zero-order valence-electron chi connectivity index (χ0n) is 17.8. The second-order valence-corrected chi connectivity index (χ2v) is 10.5. The van der Waals surface area contributed by atoms with Crippen LogP contribution in [0.4, 0.5) is 10.1 Å². The highest BCUT2D eigenvalue weighted by Crippen LogP contribution is 2.38. The Morgan fingerprint density at radius 2 is 1.83 bits per heavy atom. The van der Waals surface area contributed by atoms with Crippen LogP contribution < -0.4 is 14.4 Å². The summed E-state index contributed by atoms with van der Waals surface area (Å²) in [7, 11) is -3.62. The number of fused-ring (bicyclic) bond motifs is 1. The predicted molar refractivity (Wildman–Crippen MR) is 115 cm³/mol. The van der Waals surface area contributed by atoms with E-state index in [9.17, 15) is 17.6 Å². The van der Waals surface area contributed by atoms with Crippen molar-refractivity contribution in [2.45, 2.75) is 45.3 Å². The third-order valence-corrected chi connectivity index (χ3v) is 6.26. The molecule has 0 saturated carbocycles. The molecule has 6 nitrogen and oxygen atoms in total. The average Bonchev–Trinajstić information content (AvgIpc) is 2.65. The lowest BCUT2D eigenvalue weighted by molar-refractivity contribution is -0.128. The number of carbonyl (C=O) groups excluding carboxylic acids is 1. The van der Waals surface area contributed by atoms with E-state index in [0.29, 0.717) is 11.4 Å². The Labute approximate surface area is 177 Å². The van der Waals surface area contributed by atoms with Crippen LogP contribution in [-0.2, 0) is 20.2 Å². The zero-order valence-corrected chi connectivity index (χ0v) is 18.6. The largest absolute Gasteiger partial charge is 0.476 e. The fourth-order valence-electron chi connectivity index (χ4n) is 3.31. The number of benzene rings is 2. The molecule has 0 spiro atoms. The molecule has 1 heterocycles. The van der Waals surface area contributed by atoms with E-state index in [1.807, 2.05) is 26.8 Å². The van der Waals surface area contributed by atoms with Crippen molar-refractivity contribution in [3.63, 3.8) is 0 Å². The minimum absolute atomic E-state index is 0.124. The van der Waals surface area contributed by atoms with Crippen LogP contribution in [0.15, 0.2) is 42.5 Å². The summed E-state index contributed by atoms with van der Waals surface area (Å²) in [5.74, 6) is -0.455. The highest BCUT2D eigenvalue weighted by molar-refractivity contribution is 7.92. The average molecular weight is 435 g/mol. The smallest absolute Gasteiger partial charge is 0.263 e. The first-order valence-electron chi connectivity index (χ1n) is 9.71. The van der Waals surface area contributed by atoms with Gasteiger partial charge in [0.25, 0.3) is 5.91 Å². The van der Waals surface area contributed by atoms with E-state index in [0.717, 1.165) is 17.4 Å². The van der Waals surface area contributed by atoms with Gasteiger partial charge in [0, 0.05) is 0 Å². The molecule has 0 radical (unpaired) electrons. The summed E-state index contributed by atoms with van der Waals surface area (Å²) in [6.45, 7) is 7.76. The summed E-state index contributed by atoms with van der Waals surface area (Å²) in [5.41, 5.74) is 1.96. The standard InChI is InChI=1S/C22H27FN2O4S/c1-14(15-6-9-17(23)10-7-15)24-21(26)20-13-25(30(5,27)28)18-12-16(22(2,3)4)8-11-19(18)29-20/h6-12,14,20H,13H2,1-5H3,(H,24,26). The highest BCUT2D eigenvalue weighted by Gasteiger charge is 2.36. The summed E-state index contributed by atoms with van der Waals surface area (Å²) >= 11 is 0. The second-order valence-electron chi connectivity index (χ2n) is 8.61. The maximum Gasteiger partial charge on any atom is 0.263 e. The maximum atomic E-state index is 13.1. The molecule has 8 heteroatoms. The van der Waals surface area contributed by atoms with E-state index in [-0.39, 0.29) is 17.8 Å². The highest BCUT2D eigenvalue weighted by atomic mass is 32.2. The SMILES string of the molecule is CC(NC(=O)C1CN(S(C)(=O)=O)c2cc(C(C)(C)C)ccc2O1)c1ccc(F)cc1. The number of carbonyl (C=O) groups is 1. The van der Waals surface area contributed by atoms with Crippen molar-refractivity contribution in [3.05, 3.63) is 59.4 Å². The topological polar surface area (TPSA) is 75.7 Å². The van der Waals surface area contributed by atoms with Crippen LogP contribution in [0, 0.1) is 5.82 Å². The molecule has 0 fully saturated rings. The first-order valence-corrected chi connectivity index (χ1v) is 11.6. The Balaban J connectivity index is 1.86. The molecule has 2 atom stereocenters. The summed E-state index contributed by atoms with van der Waals surface area (Å²) < 4.78 is 45.1. The molecule has 0 aromatic heterocycles. The van der Waals surface area contributed by atoms with Gasteiger partial charge < -0.3 is 10.1 Å². The van der Waals surface area contributed by atoms with Gasteiger partial charge in [-0.3, -0.25) is 9.10 Å². The summed E-state index contributed by atoms with van der Waals surface area (Å²) in [5, 5.41) is 2.82. The van der Waals surface area contributed by atoms with Crippen molar-refractivity contribution >= 4 is 21.6 Å². The molecule has 2 aromatic carbocycles. The molecule has 0 saturated heterocycles. The van der Waals surface area contributed by atoms with Crippen LogP contribution in [0.1, 0.15) is 44.9 Å². The molecule has 30 heavy (non-hydrogen) atoms. The molecule has 1 amide bonds. The molecule has 2 unspecified atom stereocenters. The Bertz CT molecular complexity index is 1050. The predicted octanol–water partition coefficient (Wildman–Crippen LogP) is 3.53. The Morgan fingerprint density at radius 3 is 2.40 bits per heavy atom. The van der Waals surface area contributed by atoms with Crippen molar-refractivity contribution in [3.8, 4) is 5.75 Å². The normalized spacial score (nSPS) is 17.7. The first kappa shape index (κ1) is 22.1. The van der Waals surface area contributed by atoms with Gasteiger partial charge in [-0.2, -0.15) is 0 Å². The van der Waals surface area contributed by atoms with E-state index >= 15 is 0 Å². The van der Waals surface area contributed by atoms with Gasteiger partial charge in [0.15, 0.2) is 6.10 Å². The van der Waals surface area contributed by atoms with Gasteiger partial charge in [0.05, 0.1) is 24.5 Å². The Kier molecular flexibility index (Phi) is 5.82. The quantitative estimate of drug-likeness (QED) is 0.799. The maximum absolute atomic E-state index is 13.1. The molecule has 2 aromatic rings. The van der Waals surface area contributed by atoms with E-state index in [1.165, 1.54) is 16.4 Å². The number of halogens is 1. The number of nitrogens with zero attached hydrogens (tertiary/aromatic N) is 1. The van der Waals surface area contributed by atoms with Crippen LogP contribution in [0.3, 0.4) is 0 Å². The van der Waals surface area contributed by atoms with Crippen molar-refractivity contribution in [2.24, 2.45) is 0 Å². The van der Waals surface area contributed by atoms with E-state index in [4.69, 9.17) is 4.74 Å². The molecule has 0 aliphatic carbocycles. The Morgan fingerprint density at radius 1 is 1.20 bits per heavy atom. The zero-order chi connectivity index (χ0) is 22.3. The number of nitrogens with one attached hydrogen (secondary N) is 1. The van der Waals surface area contributed by atoms with Crippen LogP contribution in [0.25, 0.3) is 0 Å². The summed E-state index contributed by atoms with van der Waals surface area (Å²) in [6, 6.07) is 10.8. The first-order chi connectivity index (χ1) is 13.9. The number of ether oxygens (including phenoxy) is 1. The van der Waals surface area contributed by atoms with Gasteiger partial charge in [-0.1, -0.05) is 39.0 Å². The van der Waals surface area contributed by atoms with Crippen LogP contribution >= 0.6 is 0 Å². The third kappa shape index (κ3) is 4.75. The van der Waals surface area contributed by atoms with Gasteiger partial charge in [0.1, 0.15) is 11.6 Å².